The normalized spacial score (nSPS) is 24.7. The van der Waals surface area contributed by atoms with Crippen molar-refractivity contribution in [1.29, 1.82) is 0 Å². The molecule has 1 aromatic heterocycles. The van der Waals surface area contributed by atoms with Gasteiger partial charge < -0.3 is 15.6 Å². The highest BCUT2D eigenvalue weighted by molar-refractivity contribution is 5.77. The van der Waals surface area contributed by atoms with Crippen LogP contribution in [0.1, 0.15) is 19.8 Å². The maximum absolute atomic E-state index is 5.81. The Hall–Kier alpha value is -1.55. The molecule has 96 valence electrons. The fourth-order valence-corrected chi connectivity index (χ4v) is 2.75. The van der Waals surface area contributed by atoms with Crippen molar-refractivity contribution < 1.29 is 0 Å². The number of benzene rings is 1. The third-order valence-electron chi connectivity index (χ3n) is 3.96. The van der Waals surface area contributed by atoms with Crippen molar-refractivity contribution in [2.45, 2.75) is 25.8 Å². The number of hydrogen-bond donors (Lipinski definition) is 2. The van der Waals surface area contributed by atoms with Gasteiger partial charge in [0.15, 0.2) is 0 Å². The van der Waals surface area contributed by atoms with E-state index in [2.05, 4.69) is 27.9 Å². The molecular weight excluding hydrogens is 224 g/mol. The molecule has 1 aromatic carbocycles. The molecule has 0 spiro atoms. The van der Waals surface area contributed by atoms with Crippen molar-refractivity contribution in [2.24, 2.45) is 11.7 Å². The highest BCUT2D eigenvalue weighted by Gasteiger charge is 2.26. The van der Waals surface area contributed by atoms with Gasteiger partial charge in [-0.3, -0.25) is 0 Å². The van der Waals surface area contributed by atoms with Crippen LogP contribution in [0.3, 0.4) is 0 Å². The fourth-order valence-electron chi connectivity index (χ4n) is 2.75. The number of nitrogens with zero attached hydrogens (tertiary/aromatic N) is 2. The van der Waals surface area contributed by atoms with E-state index in [1.165, 1.54) is 12.8 Å². The van der Waals surface area contributed by atoms with E-state index in [9.17, 15) is 0 Å². The van der Waals surface area contributed by atoms with E-state index in [0.29, 0.717) is 12.0 Å². The second kappa shape index (κ2) is 4.61. The van der Waals surface area contributed by atoms with Gasteiger partial charge in [-0.1, -0.05) is 12.1 Å². The topological polar surface area (TPSA) is 57.9 Å². The van der Waals surface area contributed by atoms with Crippen LogP contribution in [0.5, 0.6) is 0 Å². The lowest BCUT2D eigenvalue weighted by molar-refractivity contribution is 0.370. The number of rotatable bonds is 2. The molecule has 0 radical (unpaired) electrons. The second-order valence-electron chi connectivity index (χ2n) is 5.26. The number of H-pyrrole nitrogens is 1. The summed E-state index contributed by atoms with van der Waals surface area (Å²) in [4.78, 5) is 10.5. The number of anilines is 1. The van der Waals surface area contributed by atoms with Crippen LogP contribution in [0.15, 0.2) is 24.3 Å². The third-order valence-corrected chi connectivity index (χ3v) is 3.96. The first-order valence-electron chi connectivity index (χ1n) is 6.69. The first-order valence-corrected chi connectivity index (χ1v) is 6.69. The van der Waals surface area contributed by atoms with Crippen molar-refractivity contribution >= 4 is 17.0 Å². The van der Waals surface area contributed by atoms with Gasteiger partial charge in [-0.25, -0.2) is 4.98 Å². The average Bonchev–Trinajstić information content (AvgIpc) is 2.82. The number of para-hydroxylation sites is 2. The molecule has 0 amide bonds. The van der Waals surface area contributed by atoms with Crippen LogP contribution in [0.4, 0.5) is 5.95 Å². The molecule has 4 nitrogen and oxygen atoms in total. The number of piperidine rings is 1. The minimum absolute atomic E-state index is 0.536. The number of fused-ring (bicyclic) bond motifs is 1. The molecule has 4 heteroatoms. The van der Waals surface area contributed by atoms with E-state index in [1.807, 2.05) is 18.2 Å². The average molecular weight is 244 g/mol. The van der Waals surface area contributed by atoms with Gasteiger partial charge in [-0.05, 0) is 44.4 Å². The molecule has 0 saturated carbocycles. The lowest BCUT2D eigenvalue weighted by Gasteiger charge is -2.37. The highest BCUT2D eigenvalue weighted by atomic mass is 15.3. The minimum Gasteiger partial charge on any atom is -0.339 e. The number of hydrogen-bond acceptors (Lipinski definition) is 3. The summed E-state index contributed by atoms with van der Waals surface area (Å²) >= 11 is 0. The molecule has 0 aliphatic carbocycles. The largest absolute Gasteiger partial charge is 0.339 e. The molecule has 3 rings (SSSR count). The van der Waals surface area contributed by atoms with Gasteiger partial charge in [0.05, 0.1) is 11.0 Å². The smallest absolute Gasteiger partial charge is 0.204 e. The number of nitrogens with one attached hydrogen (secondary N) is 1. The second-order valence-corrected chi connectivity index (χ2v) is 5.26. The monoisotopic (exact) mass is 244 g/mol. The van der Waals surface area contributed by atoms with Crippen LogP contribution >= 0.6 is 0 Å². The molecule has 3 N–H and O–H groups in total. The van der Waals surface area contributed by atoms with Gasteiger partial charge in [0.2, 0.25) is 5.95 Å². The SMILES string of the molecule is CC1CCC(CN)CN1c1nc2ccccc2[nH]1. The zero-order chi connectivity index (χ0) is 12.5. The quantitative estimate of drug-likeness (QED) is 0.850. The van der Waals surface area contributed by atoms with E-state index >= 15 is 0 Å². The fraction of sp³-hybridized carbons (Fsp3) is 0.500. The summed E-state index contributed by atoms with van der Waals surface area (Å²) < 4.78 is 0. The van der Waals surface area contributed by atoms with Crippen LogP contribution in [0.25, 0.3) is 11.0 Å². The van der Waals surface area contributed by atoms with E-state index in [-0.39, 0.29) is 0 Å². The van der Waals surface area contributed by atoms with Crippen LogP contribution in [0.2, 0.25) is 0 Å². The Morgan fingerprint density at radius 2 is 2.22 bits per heavy atom. The summed E-state index contributed by atoms with van der Waals surface area (Å²) in [5.41, 5.74) is 7.95. The standard InChI is InChI=1S/C14H20N4/c1-10-6-7-11(8-15)9-18(10)14-16-12-4-2-3-5-13(12)17-14/h2-5,10-11H,6-9,15H2,1H3,(H,16,17). The van der Waals surface area contributed by atoms with Crippen LogP contribution in [0, 0.1) is 5.92 Å². The molecule has 1 aliphatic heterocycles. The van der Waals surface area contributed by atoms with Crippen LogP contribution in [-0.4, -0.2) is 29.1 Å². The summed E-state index contributed by atoms with van der Waals surface area (Å²) in [6.45, 7) is 4.04. The Labute approximate surface area is 107 Å². The lowest BCUT2D eigenvalue weighted by Crippen LogP contribution is -2.44. The summed E-state index contributed by atoms with van der Waals surface area (Å²) in [5.74, 6) is 1.58. The summed E-state index contributed by atoms with van der Waals surface area (Å²) in [6, 6.07) is 8.71. The molecule has 2 atom stereocenters. The molecule has 1 saturated heterocycles. The zero-order valence-corrected chi connectivity index (χ0v) is 10.8. The number of imidazole rings is 1. The van der Waals surface area contributed by atoms with Crippen molar-refractivity contribution in [3.05, 3.63) is 24.3 Å². The predicted octanol–water partition coefficient (Wildman–Crippen LogP) is 2.13. The molecule has 1 fully saturated rings. The Morgan fingerprint density at radius 3 is 3.00 bits per heavy atom. The van der Waals surface area contributed by atoms with Crippen molar-refractivity contribution in [2.75, 3.05) is 18.0 Å². The maximum atomic E-state index is 5.81. The van der Waals surface area contributed by atoms with E-state index in [4.69, 9.17) is 5.73 Å². The summed E-state index contributed by atoms with van der Waals surface area (Å²) in [7, 11) is 0. The Balaban J connectivity index is 1.92. The zero-order valence-electron chi connectivity index (χ0n) is 10.8. The van der Waals surface area contributed by atoms with Gasteiger partial charge in [0, 0.05) is 12.6 Å². The maximum Gasteiger partial charge on any atom is 0.204 e. The van der Waals surface area contributed by atoms with Crippen molar-refractivity contribution in [3.8, 4) is 0 Å². The molecule has 18 heavy (non-hydrogen) atoms. The van der Waals surface area contributed by atoms with Gasteiger partial charge in [0.1, 0.15) is 0 Å². The Bertz CT molecular complexity index is 500. The van der Waals surface area contributed by atoms with Crippen LogP contribution in [-0.2, 0) is 0 Å². The molecule has 2 aromatic rings. The predicted molar refractivity (Wildman–Crippen MR) is 74.7 cm³/mol. The number of nitrogens with two attached hydrogens (primary N) is 1. The van der Waals surface area contributed by atoms with Crippen molar-refractivity contribution in [3.63, 3.8) is 0 Å². The van der Waals surface area contributed by atoms with Gasteiger partial charge in [0.25, 0.3) is 0 Å². The van der Waals surface area contributed by atoms with E-state index < -0.39 is 0 Å². The molecule has 0 bridgehead atoms. The van der Waals surface area contributed by atoms with E-state index in [0.717, 1.165) is 30.1 Å². The summed E-state index contributed by atoms with van der Waals surface area (Å²) in [6.07, 6.45) is 2.42. The van der Waals surface area contributed by atoms with Gasteiger partial charge in [-0.2, -0.15) is 0 Å². The van der Waals surface area contributed by atoms with Gasteiger partial charge in [-0.15, -0.1) is 0 Å². The van der Waals surface area contributed by atoms with E-state index in [1.54, 1.807) is 0 Å². The Morgan fingerprint density at radius 1 is 1.39 bits per heavy atom. The Kier molecular flexibility index (Phi) is 2.96. The first-order chi connectivity index (χ1) is 8.78. The minimum atomic E-state index is 0.536. The van der Waals surface area contributed by atoms with Gasteiger partial charge >= 0.3 is 0 Å². The van der Waals surface area contributed by atoms with Crippen LogP contribution < -0.4 is 10.6 Å². The molecule has 2 unspecified atom stereocenters. The molecule has 2 heterocycles. The number of aromatic nitrogens is 2. The lowest BCUT2D eigenvalue weighted by atomic mass is 9.94. The molecular formula is C14H20N4. The molecule has 1 aliphatic rings. The third kappa shape index (κ3) is 1.97. The first kappa shape index (κ1) is 11.5. The number of aromatic amines is 1. The van der Waals surface area contributed by atoms with Crippen molar-refractivity contribution in [1.82, 2.24) is 9.97 Å². The highest BCUT2D eigenvalue weighted by Crippen LogP contribution is 2.26. The summed E-state index contributed by atoms with van der Waals surface area (Å²) in [5, 5.41) is 0.